The lowest BCUT2D eigenvalue weighted by molar-refractivity contribution is 0.309. The average molecular weight is 281 g/mol. The van der Waals surface area contributed by atoms with Gasteiger partial charge in [0.05, 0.1) is 17.6 Å². The van der Waals surface area contributed by atoms with Crippen LogP contribution in [-0.2, 0) is 0 Å². The second-order valence-electron chi connectivity index (χ2n) is 4.95. The van der Waals surface area contributed by atoms with Crippen molar-refractivity contribution in [2.24, 2.45) is 0 Å². The number of fused-ring (bicyclic) bond motifs is 1. The van der Waals surface area contributed by atoms with Crippen LogP contribution in [0.4, 0.5) is 11.6 Å². The van der Waals surface area contributed by atoms with Crippen LogP contribution >= 0.6 is 0 Å². The molecule has 0 unspecified atom stereocenters. The van der Waals surface area contributed by atoms with Crippen molar-refractivity contribution in [1.82, 2.24) is 9.97 Å². The first kappa shape index (κ1) is 13.5. The van der Waals surface area contributed by atoms with Crippen LogP contribution in [0, 0.1) is 0 Å². The van der Waals surface area contributed by atoms with Gasteiger partial charge in [-0.05, 0) is 42.8 Å². The summed E-state index contributed by atoms with van der Waals surface area (Å²) in [5, 5.41) is 3.27. The summed E-state index contributed by atoms with van der Waals surface area (Å²) in [7, 11) is 0. The molecule has 3 rings (SSSR count). The molecule has 2 N–H and O–H groups in total. The van der Waals surface area contributed by atoms with Crippen molar-refractivity contribution in [3.63, 3.8) is 0 Å². The molecule has 1 heterocycles. The largest absolute Gasteiger partial charge is 0.494 e. The Hall–Kier alpha value is -2.49. The van der Waals surface area contributed by atoms with Gasteiger partial charge < -0.3 is 15.0 Å². The molecule has 0 saturated heterocycles. The Kier molecular flexibility index (Phi) is 4.05. The summed E-state index contributed by atoms with van der Waals surface area (Å²) in [6.07, 6.45) is 2.23. The van der Waals surface area contributed by atoms with Crippen LogP contribution in [0.2, 0.25) is 0 Å². The lowest BCUT2D eigenvalue weighted by Gasteiger charge is -2.07. The Bertz CT molecular complexity index is 670. The van der Waals surface area contributed by atoms with Crippen LogP contribution < -0.4 is 10.1 Å². The highest BCUT2D eigenvalue weighted by molar-refractivity contribution is 5.78. The number of H-pyrrole nitrogens is 1. The standard InChI is InChI=1S/C17H19N3O/c1-2-3-12-21-14-10-8-13(9-11-14)18-17-19-15-6-4-5-7-16(15)20-17/h4-11H,2-3,12H2,1H3,(H2,18,19,20). The minimum atomic E-state index is 0.746. The smallest absolute Gasteiger partial charge is 0.205 e. The molecule has 0 spiro atoms. The Morgan fingerprint density at radius 3 is 2.67 bits per heavy atom. The van der Waals surface area contributed by atoms with Crippen molar-refractivity contribution in [2.45, 2.75) is 19.8 Å². The third-order valence-corrected chi connectivity index (χ3v) is 3.27. The van der Waals surface area contributed by atoms with Gasteiger partial charge >= 0.3 is 0 Å². The zero-order chi connectivity index (χ0) is 14.5. The molecule has 0 atom stereocenters. The van der Waals surface area contributed by atoms with Gasteiger partial charge in [0.2, 0.25) is 5.95 Å². The molecule has 0 bridgehead atoms. The third kappa shape index (κ3) is 3.34. The number of nitrogens with one attached hydrogen (secondary N) is 2. The summed E-state index contributed by atoms with van der Waals surface area (Å²) in [5.74, 6) is 1.65. The molecule has 21 heavy (non-hydrogen) atoms. The van der Waals surface area contributed by atoms with Crippen LogP contribution in [0.3, 0.4) is 0 Å². The second kappa shape index (κ2) is 6.31. The first-order valence-corrected chi connectivity index (χ1v) is 7.30. The topological polar surface area (TPSA) is 49.9 Å². The lowest BCUT2D eigenvalue weighted by atomic mass is 10.3. The molecule has 2 aromatic carbocycles. The number of anilines is 2. The molecule has 0 saturated carbocycles. The lowest BCUT2D eigenvalue weighted by Crippen LogP contribution is -1.97. The van der Waals surface area contributed by atoms with E-state index in [1.54, 1.807) is 0 Å². The number of hydrogen-bond acceptors (Lipinski definition) is 3. The van der Waals surface area contributed by atoms with Gasteiger partial charge in [-0.2, -0.15) is 0 Å². The number of ether oxygens (including phenoxy) is 1. The number of nitrogens with zero attached hydrogens (tertiary/aromatic N) is 1. The minimum Gasteiger partial charge on any atom is -0.494 e. The van der Waals surface area contributed by atoms with Gasteiger partial charge in [-0.15, -0.1) is 0 Å². The van der Waals surface area contributed by atoms with Gasteiger partial charge in [-0.3, -0.25) is 0 Å². The molecule has 1 aromatic heterocycles. The van der Waals surface area contributed by atoms with E-state index < -0.39 is 0 Å². The Labute approximate surface area is 124 Å². The van der Waals surface area contributed by atoms with Crippen molar-refractivity contribution in [3.8, 4) is 5.75 Å². The molecular weight excluding hydrogens is 262 g/mol. The van der Waals surface area contributed by atoms with Gasteiger partial charge in [0.15, 0.2) is 0 Å². The highest BCUT2D eigenvalue weighted by Gasteiger charge is 2.02. The molecule has 0 aliphatic carbocycles. The fourth-order valence-electron chi connectivity index (χ4n) is 2.12. The minimum absolute atomic E-state index is 0.746. The highest BCUT2D eigenvalue weighted by Crippen LogP contribution is 2.20. The van der Waals surface area contributed by atoms with Crippen molar-refractivity contribution in [2.75, 3.05) is 11.9 Å². The maximum Gasteiger partial charge on any atom is 0.205 e. The number of aromatic amines is 1. The number of unbranched alkanes of at least 4 members (excludes halogenated alkanes) is 1. The summed E-state index contributed by atoms with van der Waals surface area (Å²) in [4.78, 5) is 7.74. The fraction of sp³-hybridized carbons (Fsp3) is 0.235. The Morgan fingerprint density at radius 2 is 1.90 bits per heavy atom. The predicted molar refractivity (Wildman–Crippen MR) is 86.2 cm³/mol. The van der Waals surface area contributed by atoms with Gasteiger partial charge in [0.1, 0.15) is 5.75 Å². The van der Waals surface area contributed by atoms with E-state index in [4.69, 9.17) is 4.74 Å². The average Bonchev–Trinajstić information content (AvgIpc) is 2.91. The van der Waals surface area contributed by atoms with Crippen molar-refractivity contribution in [1.29, 1.82) is 0 Å². The van der Waals surface area contributed by atoms with Crippen LogP contribution in [0.5, 0.6) is 5.75 Å². The number of imidazole rings is 1. The van der Waals surface area contributed by atoms with Gasteiger partial charge in [0, 0.05) is 5.69 Å². The quantitative estimate of drug-likeness (QED) is 0.655. The predicted octanol–water partition coefficient (Wildman–Crippen LogP) is 4.49. The maximum absolute atomic E-state index is 5.65. The van der Waals surface area contributed by atoms with Crippen LogP contribution in [0.15, 0.2) is 48.5 Å². The monoisotopic (exact) mass is 281 g/mol. The molecule has 0 aliphatic rings. The number of rotatable bonds is 6. The number of para-hydroxylation sites is 2. The SMILES string of the molecule is CCCCOc1ccc(Nc2nc3ccccc3[nH]2)cc1. The van der Waals surface area contributed by atoms with E-state index in [9.17, 15) is 0 Å². The summed E-state index contributed by atoms with van der Waals surface area (Å²) in [5.41, 5.74) is 2.97. The van der Waals surface area contributed by atoms with E-state index in [0.717, 1.165) is 47.9 Å². The molecule has 0 aliphatic heterocycles. The second-order valence-corrected chi connectivity index (χ2v) is 4.95. The zero-order valence-corrected chi connectivity index (χ0v) is 12.1. The van der Waals surface area contributed by atoms with Crippen LogP contribution in [0.1, 0.15) is 19.8 Å². The first-order chi connectivity index (χ1) is 10.3. The molecule has 4 heteroatoms. The summed E-state index contributed by atoms with van der Waals surface area (Å²) in [6.45, 7) is 2.93. The van der Waals surface area contributed by atoms with E-state index >= 15 is 0 Å². The molecule has 0 amide bonds. The summed E-state index contributed by atoms with van der Waals surface area (Å²) in [6, 6.07) is 15.9. The van der Waals surface area contributed by atoms with E-state index in [-0.39, 0.29) is 0 Å². The summed E-state index contributed by atoms with van der Waals surface area (Å²) < 4.78 is 5.65. The molecule has 0 fully saturated rings. The molecule has 3 aromatic rings. The van der Waals surface area contributed by atoms with Gasteiger partial charge in [-0.25, -0.2) is 4.98 Å². The maximum atomic E-state index is 5.65. The van der Waals surface area contributed by atoms with E-state index in [1.807, 2.05) is 48.5 Å². The van der Waals surface area contributed by atoms with Crippen LogP contribution in [-0.4, -0.2) is 16.6 Å². The summed E-state index contributed by atoms with van der Waals surface area (Å²) >= 11 is 0. The van der Waals surface area contributed by atoms with E-state index in [0.29, 0.717) is 0 Å². The number of benzene rings is 2. The molecule has 4 nitrogen and oxygen atoms in total. The zero-order valence-electron chi connectivity index (χ0n) is 12.1. The number of hydrogen-bond donors (Lipinski definition) is 2. The third-order valence-electron chi connectivity index (χ3n) is 3.27. The Morgan fingerprint density at radius 1 is 1.10 bits per heavy atom. The van der Waals surface area contributed by atoms with E-state index in [1.165, 1.54) is 0 Å². The van der Waals surface area contributed by atoms with Crippen LogP contribution in [0.25, 0.3) is 11.0 Å². The van der Waals surface area contributed by atoms with Crippen molar-refractivity contribution < 1.29 is 4.74 Å². The first-order valence-electron chi connectivity index (χ1n) is 7.30. The normalized spacial score (nSPS) is 10.7. The van der Waals surface area contributed by atoms with E-state index in [2.05, 4.69) is 22.2 Å². The van der Waals surface area contributed by atoms with Crippen molar-refractivity contribution in [3.05, 3.63) is 48.5 Å². The highest BCUT2D eigenvalue weighted by atomic mass is 16.5. The van der Waals surface area contributed by atoms with Gasteiger partial charge in [0.25, 0.3) is 0 Å². The molecule has 0 radical (unpaired) electrons. The van der Waals surface area contributed by atoms with Gasteiger partial charge in [-0.1, -0.05) is 25.5 Å². The Balaban J connectivity index is 1.67. The van der Waals surface area contributed by atoms with Crippen molar-refractivity contribution >= 4 is 22.7 Å². The molecular formula is C17H19N3O. The number of aromatic nitrogens is 2. The molecule has 108 valence electrons. The fourth-order valence-corrected chi connectivity index (χ4v) is 2.12.